The second-order valence-corrected chi connectivity index (χ2v) is 12.0. The number of urea groups is 1. The van der Waals surface area contributed by atoms with Gasteiger partial charge in [0.15, 0.2) is 0 Å². The topological polar surface area (TPSA) is 78.7 Å². The molecular formula is C30H40ClN7O. The molecule has 3 heterocycles. The Balaban J connectivity index is 1.12. The van der Waals surface area contributed by atoms with Gasteiger partial charge in [-0.05, 0) is 82.8 Å². The highest BCUT2D eigenvalue weighted by Gasteiger charge is 2.32. The number of nitrogens with zero attached hydrogens (tertiary/aromatic N) is 6. The van der Waals surface area contributed by atoms with Crippen molar-refractivity contribution in [2.24, 2.45) is 5.92 Å². The maximum absolute atomic E-state index is 13.2. The summed E-state index contributed by atoms with van der Waals surface area (Å²) in [7, 11) is 2.29. The Morgan fingerprint density at radius 3 is 2.51 bits per heavy atom. The lowest BCUT2D eigenvalue weighted by Crippen LogP contribution is -2.59. The third-order valence-electron chi connectivity index (χ3n) is 8.83. The first-order valence-electron chi connectivity index (χ1n) is 14.3. The van der Waals surface area contributed by atoms with Crippen LogP contribution in [0.4, 0.5) is 22.0 Å². The van der Waals surface area contributed by atoms with E-state index in [9.17, 15) is 4.79 Å². The number of nitrogens with one attached hydrogen (secondary N) is 1. The van der Waals surface area contributed by atoms with E-state index in [1.54, 1.807) is 12.3 Å². The molecule has 3 aliphatic rings. The van der Waals surface area contributed by atoms with E-state index in [2.05, 4.69) is 52.0 Å². The number of rotatable bonds is 6. The van der Waals surface area contributed by atoms with E-state index in [0.29, 0.717) is 29.4 Å². The molecule has 0 radical (unpaired) electrons. The molecule has 0 bridgehead atoms. The van der Waals surface area contributed by atoms with Crippen LogP contribution in [0.1, 0.15) is 51.5 Å². The SMILES string of the molecule is C[C@@H]1CN(c2ccc(C#N)c(Cl)c2)[C@@H](C)CN1C(=O)Nc1ccc(N2CCC(CN(C)C3CCC3)CC2)nc1. The number of benzene rings is 1. The molecule has 8 nitrogen and oxygen atoms in total. The van der Waals surface area contributed by atoms with Crippen LogP contribution in [0.15, 0.2) is 36.5 Å². The van der Waals surface area contributed by atoms with Crippen LogP contribution in [0.5, 0.6) is 0 Å². The van der Waals surface area contributed by atoms with Gasteiger partial charge in [0.1, 0.15) is 11.9 Å². The maximum Gasteiger partial charge on any atom is 0.322 e. The van der Waals surface area contributed by atoms with Gasteiger partial charge in [0.05, 0.1) is 22.5 Å². The second-order valence-electron chi connectivity index (χ2n) is 11.6. The Morgan fingerprint density at radius 2 is 1.90 bits per heavy atom. The van der Waals surface area contributed by atoms with Crippen molar-refractivity contribution in [2.45, 2.75) is 64.1 Å². The van der Waals surface area contributed by atoms with Crippen molar-refractivity contribution in [3.63, 3.8) is 0 Å². The van der Waals surface area contributed by atoms with Gasteiger partial charge in [-0.1, -0.05) is 18.0 Å². The predicted octanol–water partition coefficient (Wildman–Crippen LogP) is 5.44. The largest absolute Gasteiger partial charge is 0.365 e. The van der Waals surface area contributed by atoms with Gasteiger partial charge in [-0.25, -0.2) is 9.78 Å². The Morgan fingerprint density at radius 1 is 1.13 bits per heavy atom. The van der Waals surface area contributed by atoms with Crippen LogP contribution in [0, 0.1) is 17.2 Å². The van der Waals surface area contributed by atoms with Crippen LogP contribution in [0.2, 0.25) is 5.02 Å². The summed E-state index contributed by atoms with van der Waals surface area (Å²) >= 11 is 6.27. The highest BCUT2D eigenvalue weighted by molar-refractivity contribution is 6.32. The number of piperazine rings is 1. The van der Waals surface area contributed by atoms with E-state index in [1.807, 2.05) is 29.2 Å². The number of nitriles is 1. The molecule has 2 saturated heterocycles. The minimum Gasteiger partial charge on any atom is -0.365 e. The minimum atomic E-state index is -0.113. The standard InChI is InChI=1S/C30H40ClN7O/c1-21-19-38(22(2)18-37(21)27-9-7-24(16-32)28(31)15-27)30(39)34-25-8-10-29(33-17-25)36-13-11-23(12-14-36)20-35(3)26-5-4-6-26/h7-10,15,17,21-23,26H,4-6,11-14,18-20H2,1-3H3,(H,34,39)/t21-,22+/m0/s1. The number of anilines is 3. The summed E-state index contributed by atoms with van der Waals surface area (Å²) in [6.45, 7) is 8.70. The summed E-state index contributed by atoms with van der Waals surface area (Å²) in [5.74, 6) is 1.75. The van der Waals surface area contributed by atoms with Crippen molar-refractivity contribution in [2.75, 3.05) is 54.9 Å². The van der Waals surface area contributed by atoms with E-state index in [4.69, 9.17) is 16.9 Å². The summed E-state index contributed by atoms with van der Waals surface area (Å²) in [6, 6.07) is 12.4. The predicted molar refractivity (Wildman–Crippen MR) is 158 cm³/mol. The number of pyridine rings is 1. The number of aromatic nitrogens is 1. The van der Waals surface area contributed by atoms with Crippen molar-refractivity contribution in [3.05, 3.63) is 47.1 Å². The molecule has 39 heavy (non-hydrogen) atoms. The normalized spacial score (nSPS) is 22.5. The molecule has 9 heteroatoms. The zero-order chi connectivity index (χ0) is 27.5. The first-order valence-corrected chi connectivity index (χ1v) is 14.7. The molecule has 0 unspecified atom stereocenters. The summed E-state index contributed by atoms with van der Waals surface area (Å²) in [4.78, 5) is 26.9. The van der Waals surface area contributed by atoms with Gasteiger partial charge in [-0.2, -0.15) is 5.26 Å². The van der Waals surface area contributed by atoms with Crippen molar-refractivity contribution < 1.29 is 4.79 Å². The molecule has 3 fully saturated rings. The monoisotopic (exact) mass is 549 g/mol. The lowest BCUT2D eigenvalue weighted by Gasteiger charge is -2.45. The average molecular weight is 550 g/mol. The van der Waals surface area contributed by atoms with E-state index in [0.717, 1.165) is 36.6 Å². The van der Waals surface area contributed by atoms with E-state index in [-0.39, 0.29) is 18.1 Å². The molecule has 1 N–H and O–H groups in total. The zero-order valence-electron chi connectivity index (χ0n) is 23.3. The van der Waals surface area contributed by atoms with Crippen LogP contribution in [-0.2, 0) is 0 Å². The lowest BCUT2D eigenvalue weighted by atomic mass is 9.89. The highest BCUT2D eigenvalue weighted by Crippen LogP contribution is 2.30. The van der Waals surface area contributed by atoms with E-state index >= 15 is 0 Å². The first kappa shape index (κ1) is 27.5. The minimum absolute atomic E-state index is 0.00693. The molecule has 5 rings (SSSR count). The Labute approximate surface area is 237 Å². The number of piperidine rings is 1. The Hall–Kier alpha value is -3.02. The van der Waals surface area contributed by atoms with Gasteiger partial charge in [0.2, 0.25) is 0 Å². The van der Waals surface area contributed by atoms with Gasteiger partial charge in [0.25, 0.3) is 0 Å². The number of amides is 2. The van der Waals surface area contributed by atoms with Crippen molar-refractivity contribution >= 4 is 34.8 Å². The third-order valence-corrected chi connectivity index (χ3v) is 9.15. The fourth-order valence-electron chi connectivity index (χ4n) is 6.11. The van der Waals surface area contributed by atoms with Crippen molar-refractivity contribution in [1.82, 2.24) is 14.8 Å². The third kappa shape index (κ3) is 6.26. The molecular weight excluding hydrogens is 510 g/mol. The van der Waals surface area contributed by atoms with Crippen LogP contribution in [0.3, 0.4) is 0 Å². The molecule has 1 saturated carbocycles. The van der Waals surface area contributed by atoms with Crippen LogP contribution < -0.4 is 15.1 Å². The van der Waals surface area contributed by atoms with Crippen molar-refractivity contribution in [3.8, 4) is 6.07 Å². The molecule has 2 aliphatic heterocycles. The average Bonchev–Trinajstić information content (AvgIpc) is 2.89. The molecule has 1 aliphatic carbocycles. The smallest absolute Gasteiger partial charge is 0.322 e. The van der Waals surface area contributed by atoms with Gasteiger partial charge in [-0.15, -0.1) is 0 Å². The quantitative estimate of drug-likeness (QED) is 0.517. The first-order chi connectivity index (χ1) is 18.8. The number of hydrogen-bond acceptors (Lipinski definition) is 6. The highest BCUT2D eigenvalue weighted by atomic mass is 35.5. The van der Waals surface area contributed by atoms with Gasteiger partial charge >= 0.3 is 6.03 Å². The van der Waals surface area contributed by atoms with E-state index < -0.39 is 0 Å². The Bertz CT molecular complexity index is 1190. The fourth-order valence-corrected chi connectivity index (χ4v) is 6.33. The van der Waals surface area contributed by atoms with Crippen LogP contribution >= 0.6 is 11.6 Å². The molecule has 0 spiro atoms. The molecule has 2 atom stereocenters. The lowest BCUT2D eigenvalue weighted by molar-refractivity contribution is 0.130. The Kier molecular flexibility index (Phi) is 8.49. The summed E-state index contributed by atoms with van der Waals surface area (Å²) < 4.78 is 0. The molecule has 2 amide bonds. The number of halogens is 1. The number of carbonyl (C=O) groups excluding carboxylic acids is 1. The number of carbonyl (C=O) groups is 1. The second kappa shape index (κ2) is 12.0. The van der Waals surface area contributed by atoms with Gasteiger partial charge < -0.3 is 24.9 Å². The summed E-state index contributed by atoms with van der Waals surface area (Å²) in [5, 5.41) is 12.7. The molecule has 2 aromatic rings. The van der Waals surface area contributed by atoms with Gasteiger partial charge in [0, 0.05) is 56.5 Å². The molecule has 1 aromatic heterocycles. The molecule has 1 aromatic carbocycles. The zero-order valence-corrected chi connectivity index (χ0v) is 24.1. The molecule has 208 valence electrons. The van der Waals surface area contributed by atoms with E-state index in [1.165, 1.54) is 38.6 Å². The summed E-state index contributed by atoms with van der Waals surface area (Å²) in [6.07, 6.45) is 8.29. The van der Waals surface area contributed by atoms with Crippen LogP contribution in [0.25, 0.3) is 0 Å². The van der Waals surface area contributed by atoms with Crippen molar-refractivity contribution in [1.29, 1.82) is 5.26 Å². The van der Waals surface area contributed by atoms with Gasteiger partial charge in [-0.3, -0.25) is 0 Å². The van der Waals surface area contributed by atoms with Crippen LogP contribution in [-0.4, -0.2) is 78.7 Å². The fraction of sp³-hybridized carbons (Fsp3) is 0.567. The summed E-state index contributed by atoms with van der Waals surface area (Å²) in [5.41, 5.74) is 2.14. The maximum atomic E-state index is 13.2. The number of hydrogen-bond donors (Lipinski definition) is 1.